The van der Waals surface area contributed by atoms with Gasteiger partial charge in [0.25, 0.3) is 0 Å². The van der Waals surface area contributed by atoms with Crippen LogP contribution in [0.1, 0.15) is 29.2 Å². The highest BCUT2D eigenvalue weighted by molar-refractivity contribution is 7.14. The fourth-order valence-electron chi connectivity index (χ4n) is 3.07. The van der Waals surface area contributed by atoms with Crippen LogP contribution in [0.15, 0.2) is 40.8 Å². The van der Waals surface area contributed by atoms with Gasteiger partial charge in [-0.2, -0.15) is 5.10 Å². The standard InChI is InChI=1S/C21H23N3O2S/c1-5-26-19-10-16(6-7-18(19)25)11-22-24-21-23-17(12-27-21)20-14(3)8-13(2)9-15(20)4/h6-12,25H,5H2,1-4H3,(H,23,24)/b22-11-. The lowest BCUT2D eigenvalue weighted by molar-refractivity contribution is 0.318. The number of hydrogen-bond donors (Lipinski definition) is 2. The molecule has 0 amide bonds. The average molecular weight is 382 g/mol. The van der Waals surface area contributed by atoms with E-state index in [2.05, 4.69) is 48.4 Å². The van der Waals surface area contributed by atoms with Crippen LogP contribution in [0.25, 0.3) is 11.3 Å². The molecule has 0 aliphatic carbocycles. The molecule has 27 heavy (non-hydrogen) atoms. The number of aromatic nitrogens is 1. The molecule has 0 saturated carbocycles. The fourth-order valence-corrected chi connectivity index (χ4v) is 3.72. The first kappa shape index (κ1) is 18.9. The van der Waals surface area contributed by atoms with Gasteiger partial charge in [0, 0.05) is 10.9 Å². The van der Waals surface area contributed by atoms with Crippen molar-refractivity contribution in [3.63, 3.8) is 0 Å². The normalized spacial score (nSPS) is 11.1. The van der Waals surface area contributed by atoms with Crippen LogP contribution in [0.5, 0.6) is 11.5 Å². The Kier molecular flexibility index (Phi) is 5.76. The molecule has 0 spiro atoms. The molecule has 1 heterocycles. The minimum absolute atomic E-state index is 0.121. The zero-order valence-electron chi connectivity index (χ0n) is 15.9. The minimum Gasteiger partial charge on any atom is -0.504 e. The Morgan fingerprint density at radius 2 is 1.93 bits per heavy atom. The van der Waals surface area contributed by atoms with Crippen LogP contribution in [-0.4, -0.2) is 22.9 Å². The molecule has 0 aliphatic heterocycles. The number of nitrogens with zero attached hydrogens (tertiary/aromatic N) is 2. The number of ether oxygens (including phenoxy) is 1. The molecule has 5 nitrogen and oxygen atoms in total. The number of phenols is 1. The summed E-state index contributed by atoms with van der Waals surface area (Å²) in [6, 6.07) is 9.46. The third-order valence-corrected chi connectivity index (χ3v) is 4.84. The SMILES string of the molecule is CCOc1cc(/C=N\Nc2nc(-c3c(C)cc(C)cc3C)cs2)ccc1O. The minimum atomic E-state index is 0.121. The number of anilines is 1. The first-order valence-corrected chi connectivity index (χ1v) is 9.64. The van der Waals surface area contributed by atoms with Gasteiger partial charge >= 0.3 is 0 Å². The van der Waals surface area contributed by atoms with Crippen molar-refractivity contribution >= 4 is 22.7 Å². The fraction of sp³-hybridized carbons (Fsp3) is 0.238. The molecule has 0 unspecified atom stereocenters. The predicted molar refractivity (Wildman–Crippen MR) is 112 cm³/mol. The summed E-state index contributed by atoms with van der Waals surface area (Å²) >= 11 is 1.51. The van der Waals surface area contributed by atoms with Crippen molar-refractivity contribution in [1.29, 1.82) is 0 Å². The van der Waals surface area contributed by atoms with Gasteiger partial charge in [0.1, 0.15) is 0 Å². The van der Waals surface area contributed by atoms with E-state index in [0.717, 1.165) is 16.4 Å². The van der Waals surface area contributed by atoms with E-state index in [9.17, 15) is 5.11 Å². The zero-order chi connectivity index (χ0) is 19.4. The van der Waals surface area contributed by atoms with Gasteiger partial charge in [-0.25, -0.2) is 4.98 Å². The summed E-state index contributed by atoms with van der Waals surface area (Å²) < 4.78 is 5.38. The van der Waals surface area contributed by atoms with Crippen molar-refractivity contribution in [2.75, 3.05) is 12.0 Å². The Bertz CT molecular complexity index is 956. The molecule has 0 fully saturated rings. The van der Waals surface area contributed by atoms with Gasteiger partial charge < -0.3 is 9.84 Å². The molecule has 3 aromatic rings. The molecule has 0 bridgehead atoms. The second-order valence-corrected chi connectivity index (χ2v) is 7.20. The predicted octanol–water partition coefficient (Wildman–Crippen LogP) is 5.29. The maximum absolute atomic E-state index is 9.75. The molecule has 0 aliphatic rings. The van der Waals surface area contributed by atoms with E-state index in [1.165, 1.54) is 33.6 Å². The Labute approximate surface area is 163 Å². The summed E-state index contributed by atoms with van der Waals surface area (Å²) in [5, 5.41) is 16.8. The average Bonchev–Trinajstić information content (AvgIpc) is 3.05. The molecule has 6 heteroatoms. The zero-order valence-corrected chi connectivity index (χ0v) is 16.7. The lowest BCUT2D eigenvalue weighted by atomic mass is 9.98. The number of aromatic hydroxyl groups is 1. The quantitative estimate of drug-likeness (QED) is 0.450. The molecule has 3 rings (SSSR count). The molecular weight excluding hydrogens is 358 g/mol. The third kappa shape index (κ3) is 4.46. The molecule has 0 saturated heterocycles. The number of aryl methyl sites for hydroxylation is 3. The topological polar surface area (TPSA) is 66.7 Å². The van der Waals surface area contributed by atoms with Crippen LogP contribution in [0.4, 0.5) is 5.13 Å². The number of hydrazone groups is 1. The molecule has 2 N–H and O–H groups in total. The Balaban J connectivity index is 1.74. The first-order chi connectivity index (χ1) is 13.0. The van der Waals surface area contributed by atoms with Gasteiger partial charge in [-0.05, 0) is 62.6 Å². The van der Waals surface area contributed by atoms with Gasteiger partial charge in [-0.15, -0.1) is 11.3 Å². The number of thiazole rings is 1. The van der Waals surface area contributed by atoms with Gasteiger partial charge in [0.15, 0.2) is 11.5 Å². The molecule has 0 radical (unpaired) electrons. The van der Waals surface area contributed by atoms with E-state index in [4.69, 9.17) is 4.74 Å². The summed E-state index contributed by atoms with van der Waals surface area (Å²) in [4.78, 5) is 4.65. The van der Waals surface area contributed by atoms with E-state index in [-0.39, 0.29) is 5.75 Å². The summed E-state index contributed by atoms with van der Waals surface area (Å²) in [6.07, 6.45) is 1.67. The van der Waals surface area contributed by atoms with Crippen molar-refractivity contribution in [1.82, 2.24) is 4.98 Å². The summed E-state index contributed by atoms with van der Waals surface area (Å²) in [6.45, 7) is 8.69. The monoisotopic (exact) mass is 381 g/mol. The summed E-state index contributed by atoms with van der Waals surface area (Å²) in [5.41, 5.74) is 9.63. The van der Waals surface area contributed by atoms with E-state index in [1.54, 1.807) is 24.4 Å². The number of phenolic OH excluding ortho intramolecular Hbond substituents is 1. The number of rotatable bonds is 6. The summed E-state index contributed by atoms with van der Waals surface area (Å²) in [7, 11) is 0. The van der Waals surface area contributed by atoms with Crippen molar-refractivity contribution in [2.45, 2.75) is 27.7 Å². The molecule has 0 atom stereocenters. The van der Waals surface area contributed by atoms with Crippen LogP contribution >= 0.6 is 11.3 Å². The number of benzene rings is 2. The van der Waals surface area contributed by atoms with Crippen molar-refractivity contribution in [2.24, 2.45) is 5.10 Å². The van der Waals surface area contributed by atoms with Crippen LogP contribution in [0.3, 0.4) is 0 Å². The highest BCUT2D eigenvalue weighted by atomic mass is 32.1. The summed E-state index contributed by atoms with van der Waals surface area (Å²) in [5.74, 6) is 0.568. The lowest BCUT2D eigenvalue weighted by Gasteiger charge is -2.08. The van der Waals surface area contributed by atoms with E-state index >= 15 is 0 Å². The largest absolute Gasteiger partial charge is 0.504 e. The second-order valence-electron chi connectivity index (χ2n) is 6.34. The van der Waals surface area contributed by atoms with Gasteiger partial charge in [0.05, 0.1) is 18.5 Å². The van der Waals surface area contributed by atoms with Crippen molar-refractivity contribution in [3.8, 4) is 22.8 Å². The van der Waals surface area contributed by atoms with E-state index < -0.39 is 0 Å². The highest BCUT2D eigenvalue weighted by Gasteiger charge is 2.10. The van der Waals surface area contributed by atoms with Crippen molar-refractivity contribution in [3.05, 3.63) is 58.0 Å². The number of nitrogens with one attached hydrogen (secondary N) is 1. The Morgan fingerprint density at radius 1 is 1.19 bits per heavy atom. The molecule has 140 valence electrons. The van der Waals surface area contributed by atoms with Gasteiger partial charge in [-0.1, -0.05) is 17.7 Å². The smallest absolute Gasteiger partial charge is 0.203 e. The molecule has 1 aromatic heterocycles. The third-order valence-electron chi connectivity index (χ3n) is 4.09. The maximum atomic E-state index is 9.75. The van der Waals surface area contributed by atoms with Gasteiger partial charge in [-0.3, -0.25) is 5.43 Å². The first-order valence-electron chi connectivity index (χ1n) is 8.76. The maximum Gasteiger partial charge on any atom is 0.203 e. The van der Waals surface area contributed by atoms with Crippen LogP contribution in [0, 0.1) is 20.8 Å². The van der Waals surface area contributed by atoms with Crippen LogP contribution < -0.4 is 10.2 Å². The second kappa shape index (κ2) is 8.22. The Morgan fingerprint density at radius 3 is 2.63 bits per heavy atom. The van der Waals surface area contributed by atoms with Crippen LogP contribution in [-0.2, 0) is 0 Å². The van der Waals surface area contributed by atoms with E-state index in [0.29, 0.717) is 12.4 Å². The molecule has 2 aromatic carbocycles. The van der Waals surface area contributed by atoms with Crippen LogP contribution in [0.2, 0.25) is 0 Å². The Hall–Kier alpha value is -2.86. The number of hydrogen-bond acceptors (Lipinski definition) is 6. The van der Waals surface area contributed by atoms with Crippen molar-refractivity contribution < 1.29 is 9.84 Å². The highest BCUT2D eigenvalue weighted by Crippen LogP contribution is 2.31. The lowest BCUT2D eigenvalue weighted by Crippen LogP contribution is -1.94. The van der Waals surface area contributed by atoms with Gasteiger partial charge in [0.2, 0.25) is 5.13 Å². The van der Waals surface area contributed by atoms with E-state index in [1.807, 2.05) is 12.3 Å². The molecular formula is C21H23N3O2S.